The lowest BCUT2D eigenvalue weighted by molar-refractivity contribution is -0.0950. The van der Waals surface area contributed by atoms with Gasteiger partial charge in [0.15, 0.2) is 23.2 Å². The molecule has 4 N–H and O–H groups in total. The number of imidazole rings is 1. The van der Waals surface area contributed by atoms with Crippen LogP contribution in [0, 0.1) is 0 Å². The number of aromatic nitrogens is 4. The molecule has 0 bridgehead atoms. The SMILES string of the molecule is C[C@]1(O)[C@H](O)[C@@H](CO)O[C@H]1n1cnc2c(NCCN3CCCCC3)ncnc21. The van der Waals surface area contributed by atoms with Gasteiger partial charge in [-0.15, -0.1) is 0 Å². The monoisotopic (exact) mass is 392 g/mol. The molecule has 0 aromatic carbocycles. The van der Waals surface area contributed by atoms with Crippen LogP contribution in [-0.4, -0.2) is 90.3 Å². The standard InChI is InChI=1S/C18H28N6O4/c1-18(27)14(26)12(9-25)28-17(18)24-11-22-13-15(20-10-21-16(13)24)19-5-8-23-6-3-2-4-7-23/h10-12,14,17,25-27H,2-9H2,1H3,(H,19,20,21)/t12-,14-,17-,18+/m1/s1. The van der Waals surface area contributed by atoms with Crippen LogP contribution in [-0.2, 0) is 4.74 Å². The number of nitrogens with one attached hydrogen (secondary N) is 1. The number of aliphatic hydroxyl groups excluding tert-OH is 2. The summed E-state index contributed by atoms with van der Waals surface area (Å²) in [5, 5.41) is 33.7. The van der Waals surface area contributed by atoms with Gasteiger partial charge < -0.3 is 30.3 Å². The van der Waals surface area contributed by atoms with Gasteiger partial charge in [-0.05, 0) is 32.9 Å². The Bertz CT molecular complexity index is 806. The molecule has 2 fully saturated rings. The molecule has 4 heterocycles. The number of piperidine rings is 1. The first-order valence-corrected chi connectivity index (χ1v) is 9.83. The molecule has 154 valence electrons. The number of anilines is 1. The topological polar surface area (TPSA) is 129 Å². The molecule has 2 aromatic rings. The van der Waals surface area contributed by atoms with Crippen LogP contribution in [0.1, 0.15) is 32.4 Å². The highest BCUT2D eigenvalue weighted by molar-refractivity contribution is 5.82. The van der Waals surface area contributed by atoms with Gasteiger partial charge in [-0.3, -0.25) is 4.57 Å². The highest BCUT2D eigenvalue weighted by atomic mass is 16.6. The number of hydrogen-bond donors (Lipinski definition) is 4. The first kappa shape index (κ1) is 19.5. The van der Waals surface area contributed by atoms with Gasteiger partial charge in [0.05, 0.1) is 12.9 Å². The van der Waals surface area contributed by atoms with Crippen molar-refractivity contribution in [1.29, 1.82) is 0 Å². The van der Waals surface area contributed by atoms with E-state index in [0.717, 1.165) is 26.2 Å². The maximum absolute atomic E-state index is 10.7. The van der Waals surface area contributed by atoms with Crippen LogP contribution < -0.4 is 5.32 Å². The van der Waals surface area contributed by atoms with Crippen LogP contribution in [0.15, 0.2) is 12.7 Å². The fourth-order valence-corrected chi connectivity index (χ4v) is 4.06. The van der Waals surface area contributed by atoms with E-state index in [1.54, 1.807) is 4.57 Å². The molecule has 2 aliphatic heterocycles. The van der Waals surface area contributed by atoms with Crippen LogP contribution >= 0.6 is 0 Å². The van der Waals surface area contributed by atoms with Crippen LogP contribution in [0.4, 0.5) is 5.82 Å². The van der Waals surface area contributed by atoms with Crippen LogP contribution in [0.25, 0.3) is 11.2 Å². The van der Waals surface area contributed by atoms with Crippen molar-refractivity contribution in [1.82, 2.24) is 24.4 Å². The summed E-state index contributed by atoms with van der Waals surface area (Å²) in [6.45, 7) is 5.05. The second kappa shape index (κ2) is 7.88. The average Bonchev–Trinajstić information content (AvgIpc) is 3.22. The fourth-order valence-electron chi connectivity index (χ4n) is 4.06. The molecule has 0 radical (unpaired) electrons. The van der Waals surface area contributed by atoms with E-state index >= 15 is 0 Å². The van der Waals surface area contributed by atoms with Crippen molar-refractivity contribution in [2.24, 2.45) is 0 Å². The molecule has 0 saturated carbocycles. The van der Waals surface area contributed by atoms with Gasteiger partial charge in [0, 0.05) is 13.1 Å². The second-order valence-electron chi connectivity index (χ2n) is 7.76. The third-order valence-electron chi connectivity index (χ3n) is 5.72. The van der Waals surface area contributed by atoms with Gasteiger partial charge in [-0.1, -0.05) is 6.42 Å². The van der Waals surface area contributed by atoms with Crippen molar-refractivity contribution >= 4 is 17.0 Å². The number of rotatable bonds is 6. The molecule has 10 nitrogen and oxygen atoms in total. The van der Waals surface area contributed by atoms with E-state index in [9.17, 15) is 15.3 Å². The summed E-state index contributed by atoms with van der Waals surface area (Å²) < 4.78 is 7.25. The molecule has 10 heteroatoms. The smallest absolute Gasteiger partial charge is 0.168 e. The van der Waals surface area contributed by atoms with E-state index in [1.807, 2.05) is 0 Å². The lowest BCUT2D eigenvalue weighted by Crippen LogP contribution is -2.44. The lowest BCUT2D eigenvalue weighted by Gasteiger charge is -2.27. The average molecular weight is 392 g/mol. The van der Waals surface area contributed by atoms with Crippen molar-refractivity contribution < 1.29 is 20.1 Å². The van der Waals surface area contributed by atoms with Gasteiger partial charge in [-0.25, -0.2) is 15.0 Å². The van der Waals surface area contributed by atoms with Crippen molar-refractivity contribution in [3.05, 3.63) is 12.7 Å². The minimum atomic E-state index is -1.59. The first-order chi connectivity index (χ1) is 13.5. The van der Waals surface area contributed by atoms with Gasteiger partial charge in [0.2, 0.25) is 0 Å². The van der Waals surface area contributed by atoms with Gasteiger partial charge in [-0.2, -0.15) is 0 Å². The molecule has 0 spiro atoms. The summed E-state index contributed by atoms with van der Waals surface area (Å²) in [7, 11) is 0. The summed E-state index contributed by atoms with van der Waals surface area (Å²) in [6, 6.07) is 0. The zero-order chi connectivity index (χ0) is 19.7. The molecule has 4 rings (SSSR count). The van der Waals surface area contributed by atoms with E-state index in [0.29, 0.717) is 17.0 Å². The molecular formula is C18H28N6O4. The maximum atomic E-state index is 10.7. The van der Waals surface area contributed by atoms with Crippen molar-refractivity contribution in [2.75, 3.05) is 38.1 Å². The van der Waals surface area contributed by atoms with Crippen LogP contribution in [0.3, 0.4) is 0 Å². The molecule has 0 aliphatic carbocycles. The molecule has 2 saturated heterocycles. The molecule has 28 heavy (non-hydrogen) atoms. The summed E-state index contributed by atoms with van der Waals surface area (Å²) in [5.41, 5.74) is -0.526. The fraction of sp³-hybridized carbons (Fsp3) is 0.722. The first-order valence-electron chi connectivity index (χ1n) is 9.83. The molecule has 2 aromatic heterocycles. The van der Waals surface area contributed by atoms with E-state index in [-0.39, 0.29) is 0 Å². The molecule has 0 unspecified atom stereocenters. The predicted octanol–water partition coefficient (Wildman–Crippen LogP) is -0.274. The Kier molecular flexibility index (Phi) is 5.48. The zero-order valence-corrected chi connectivity index (χ0v) is 16.0. The Balaban J connectivity index is 1.52. The Morgan fingerprint density at radius 1 is 1.25 bits per heavy atom. The van der Waals surface area contributed by atoms with Crippen molar-refractivity contribution in [2.45, 2.75) is 50.2 Å². The quantitative estimate of drug-likeness (QED) is 0.525. The second-order valence-corrected chi connectivity index (χ2v) is 7.76. The highest BCUT2D eigenvalue weighted by Crippen LogP contribution is 2.39. The summed E-state index contributed by atoms with van der Waals surface area (Å²) in [6.07, 6.45) is 3.76. The number of aliphatic hydroxyl groups is 3. The lowest BCUT2D eigenvalue weighted by atomic mass is 9.96. The third-order valence-corrected chi connectivity index (χ3v) is 5.72. The van der Waals surface area contributed by atoms with Crippen LogP contribution in [0.5, 0.6) is 0 Å². The Labute approximate surface area is 163 Å². The predicted molar refractivity (Wildman–Crippen MR) is 102 cm³/mol. The van der Waals surface area contributed by atoms with Gasteiger partial charge in [0.25, 0.3) is 0 Å². The van der Waals surface area contributed by atoms with E-state index in [4.69, 9.17) is 4.74 Å². The normalized spacial score (nSPS) is 31.5. The van der Waals surface area contributed by atoms with Gasteiger partial charge >= 0.3 is 0 Å². The number of likely N-dealkylation sites (tertiary alicyclic amines) is 1. The largest absolute Gasteiger partial charge is 0.394 e. The van der Waals surface area contributed by atoms with Crippen molar-refractivity contribution in [3.63, 3.8) is 0 Å². The minimum absolute atomic E-state index is 0.390. The number of nitrogens with zero attached hydrogens (tertiary/aromatic N) is 5. The summed E-state index contributed by atoms with van der Waals surface area (Å²) >= 11 is 0. The molecule has 0 amide bonds. The summed E-state index contributed by atoms with van der Waals surface area (Å²) in [5.74, 6) is 0.623. The highest BCUT2D eigenvalue weighted by Gasteiger charge is 2.53. The van der Waals surface area contributed by atoms with Crippen LogP contribution in [0.2, 0.25) is 0 Å². The van der Waals surface area contributed by atoms with E-state index in [1.165, 1.54) is 38.8 Å². The maximum Gasteiger partial charge on any atom is 0.168 e. The van der Waals surface area contributed by atoms with Gasteiger partial charge in [0.1, 0.15) is 24.1 Å². The Morgan fingerprint density at radius 3 is 2.75 bits per heavy atom. The van der Waals surface area contributed by atoms with E-state index in [2.05, 4.69) is 25.2 Å². The zero-order valence-electron chi connectivity index (χ0n) is 16.0. The Hall–Kier alpha value is -1.85. The number of hydrogen-bond acceptors (Lipinski definition) is 9. The molecular weight excluding hydrogens is 364 g/mol. The molecule has 4 atom stereocenters. The Morgan fingerprint density at radius 2 is 2.04 bits per heavy atom. The van der Waals surface area contributed by atoms with Crippen molar-refractivity contribution in [3.8, 4) is 0 Å². The minimum Gasteiger partial charge on any atom is -0.394 e. The third kappa shape index (κ3) is 3.46. The van der Waals surface area contributed by atoms with E-state index < -0.39 is 30.6 Å². The number of fused-ring (bicyclic) bond motifs is 1. The summed E-state index contributed by atoms with van der Waals surface area (Å²) in [4.78, 5) is 15.4. The number of ether oxygens (including phenoxy) is 1. The molecule has 2 aliphatic rings.